The molecule has 33 heavy (non-hydrogen) atoms. The van der Waals surface area contributed by atoms with Gasteiger partial charge in [0, 0.05) is 53.5 Å². The zero-order chi connectivity index (χ0) is 22.8. The minimum absolute atomic E-state index is 0.0454. The zero-order valence-electron chi connectivity index (χ0n) is 18.1. The minimum Gasteiger partial charge on any atom is -0.399 e. The highest BCUT2D eigenvalue weighted by Gasteiger charge is 2.24. The molecule has 0 radical (unpaired) electrons. The summed E-state index contributed by atoms with van der Waals surface area (Å²) in [5.41, 5.74) is 9.73. The maximum Gasteiger partial charge on any atom is 0.253 e. The third kappa shape index (κ3) is 4.50. The van der Waals surface area contributed by atoms with Crippen molar-refractivity contribution in [2.45, 2.75) is 12.8 Å². The molecule has 1 aliphatic heterocycles. The first-order valence-electron chi connectivity index (χ1n) is 11.1. The number of carbonyl (C=O) groups excluding carboxylic acids is 1. The fourth-order valence-electron chi connectivity index (χ4n) is 4.37. The number of nitrogens with one attached hydrogen (secondary N) is 2. The number of carbonyl (C=O) groups is 1. The number of H-pyrrole nitrogens is 1. The number of amides is 1. The minimum atomic E-state index is 0.0454. The van der Waals surface area contributed by atoms with Crippen molar-refractivity contribution in [2.75, 3.05) is 30.7 Å². The Morgan fingerprint density at radius 3 is 2.88 bits per heavy atom. The van der Waals surface area contributed by atoms with Gasteiger partial charge in [0.2, 0.25) is 5.95 Å². The van der Waals surface area contributed by atoms with Crippen LogP contribution in [-0.4, -0.2) is 45.4 Å². The Morgan fingerprint density at radius 1 is 1.21 bits per heavy atom. The highest BCUT2D eigenvalue weighted by atomic mass is 35.5. The van der Waals surface area contributed by atoms with E-state index < -0.39 is 0 Å². The van der Waals surface area contributed by atoms with Gasteiger partial charge >= 0.3 is 0 Å². The molecule has 5 rings (SSSR count). The molecule has 0 aliphatic carbocycles. The molecular formula is C25H25ClN6O. The quantitative estimate of drug-likeness (QED) is 0.370. The Hall–Kier alpha value is -3.58. The molecule has 1 fully saturated rings. The van der Waals surface area contributed by atoms with E-state index in [9.17, 15) is 4.79 Å². The van der Waals surface area contributed by atoms with Gasteiger partial charge in [-0.1, -0.05) is 29.8 Å². The SMILES string of the molecule is Nc1ccc(C(=O)N2CCCC(CNc3ncc(Cl)c(-c4c[nH]c5ccccc45)n3)C2)cc1. The Balaban J connectivity index is 1.27. The van der Waals surface area contributed by atoms with Gasteiger partial charge in [0.1, 0.15) is 0 Å². The number of nitrogen functional groups attached to an aromatic ring is 1. The van der Waals surface area contributed by atoms with Gasteiger partial charge in [-0.05, 0) is 49.1 Å². The van der Waals surface area contributed by atoms with Gasteiger partial charge in [-0.15, -0.1) is 0 Å². The molecule has 2 aromatic heterocycles. The van der Waals surface area contributed by atoms with Crippen molar-refractivity contribution in [3.63, 3.8) is 0 Å². The molecule has 4 N–H and O–H groups in total. The summed E-state index contributed by atoms with van der Waals surface area (Å²) < 4.78 is 0. The van der Waals surface area contributed by atoms with E-state index in [-0.39, 0.29) is 5.91 Å². The van der Waals surface area contributed by atoms with Crippen LogP contribution in [0.4, 0.5) is 11.6 Å². The zero-order valence-corrected chi connectivity index (χ0v) is 18.8. The number of aromatic nitrogens is 3. The molecule has 0 saturated carbocycles. The van der Waals surface area contributed by atoms with E-state index in [1.807, 2.05) is 35.4 Å². The molecule has 1 saturated heterocycles. The standard InChI is InChI=1S/C25H25ClN6O/c26-21-14-30-25(31-23(21)20-13-28-22-6-2-1-5-19(20)22)29-12-16-4-3-11-32(15-16)24(33)17-7-9-18(27)10-8-17/h1-2,5-10,13-14,16,28H,3-4,11-12,15,27H2,(H,29,30,31). The molecule has 0 spiro atoms. The smallest absolute Gasteiger partial charge is 0.253 e. The molecule has 1 atom stereocenters. The highest BCUT2D eigenvalue weighted by Crippen LogP contribution is 2.32. The summed E-state index contributed by atoms with van der Waals surface area (Å²) in [6, 6.07) is 15.1. The maximum atomic E-state index is 12.9. The lowest BCUT2D eigenvalue weighted by molar-refractivity contribution is 0.0680. The molecule has 3 heterocycles. The number of likely N-dealkylation sites (tertiary alicyclic amines) is 1. The summed E-state index contributed by atoms with van der Waals surface area (Å²) in [4.78, 5) is 27.1. The van der Waals surface area contributed by atoms with Gasteiger partial charge in [-0.2, -0.15) is 0 Å². The lowest BCUT2D eigenvalue weighted by Crippen LogP contribution is -2.41. The van der Waals surface area contributed by atoms with Crippen LogP contribution in [0.3, 0.4) is 0 Å². The predicted octanol–water partition coefficient (Wildman–Crippen LogP) is 4.82. The molecule has 1 unspecified atom stereocenters. The van der Waals surface area contributed by atoms with Crippen LogP contribution in [0.15, 0.2) is 60.9 Å². The van der Waals surface area contributed by atoms with Crippen LogP contribution in [0.5, 0.6) is 0 Å². The van der Waals surface area contributed by atoms with E-state index in [1.54, 1.807) is 30.5 Å². The Bertz CT molecular complexity index is 1290. The molecule has 1 amide bonds. The van der Waals surface area contributed by atoms with Crippen molar-refractivity contribution >= 4 is 40.0 Å². The lowest BCUT2D eigenvalue weighted by atomic mass is 9.97. The number of aromatic amines is 1. The Labute approximate surface area is 197 Å². The number of anilines is 2. The van der Waals surface area contributed by atoms with Crippen molar-refractivity contribution < 1.29 is 4.79 Å². The van der Waals surface area contributed by atoms with Crippen LogP contribution in [0.1, 0.15) is 23.2 Å². The summed E-state index contributed by atoms with van der Waals surface area (Å²) >= 11 is 6.44. The number of nitrogens with two attached hydrogens (primary N) is 1. The van der Waals surface area contributed by atoms with Crippen LogP contribution in [0.25, 0.3) is 22.2 Å². The average Bonchev–Trinajstić information content (AvgIpc) is 3.28. The molecule has 2 aromatic carbocycles. The summed E-state index contributed by atoms with van der Waals surface area (Å²) in [5.74, 6) is 0.887. The summed E-state index contributed by atoms with van der Waals surface area (Å²) in [7, 11) is 0. The fraction of sp³-hybridized carbons (Fsp3) is 0.240. The van der Waals surface area contributed by atoms with Crippen LogP contribution in [0.2, 0.25) is 5.02 Å². The van der Waals surface area contributed by atoms with Crippen molar-refractivity contribution in [1.29, 1.82) is 0 Å². The van der Waals surface area contributed by atoms with Crippen LogP contribution in [0, 0.1) is 5.92 Å². The van der Waals surface area contributed by atoms with Gasteiger partial charge in [0.15, 0.2) is 0 Å². The first-order valence-corrected chi connectivity index (χ1v) is 11.4. The lowest BCUT2D eigenvalue weighted by Gasteiger charge is -2.33. The number of rotatable bonds is 5. The highest BCUT2D eigenvalue weighted by molar-refractivity contribution is 6.33. The largest absolute Gasteiger partial charge is 0.399 e. The summed E-state index contributed by atoms with van der Waals surface area (Å²) in [5, 5.41) is 4.92. The average molecular weight is 461 g/mol. The third-order valence-electron chi connectivity index (χ3n) is 6.10. The van der Waals surface area contributed by atoms with Crippen molar-refractivity contribution in [3.05, 3.63) is 71.5 Å². The van der Waals surface area contributed by atoms with Gasteiger partial charge in [-0.25, -0.2) is 9.97 Å². The number of halogens is 1. The third-order valence-corrected chi connectivity index (χ3v) is 6.38. The van der Waals surface area contributed by atoms with E-state index in [2.05, 4.69) is 15.3 Å². The molecule has 1 aliphatic rings. The van der Waals surface area contributed by atoms with Crippen molar-refractivity contribution in [1.82, 2.24) is 19.9 Å². The van der Waals surface area contributed by atoms with Gasteiger partial charge in [0.25, 0.3) is 5.91 Å². The number of piperidine rings is 1. The molecular weight excluding hydrogens is 436 g/mol. The number of benzene rings is 2. The maximum absolute atomic E-state index is 12.9. The topological polar surface area (TPSA) is 99.9 Å². The Morgan fingerprint density at radius 2 is 2.03 bits per heavy atom. The number of para-hydroxylation sites is 1. The second-order valence-electron chi connectivity index (χ2n) is 8.40. The van der Waals surface area contributed by atoms with E-state index in [4.69, 9.17) is 22.3 Å². The van der Waals surface area contributed by atoms with Crippen LogP contribution >= 0.6 is 11.6 Å². The number of hydrogen-bond acceptors (Lipinski definition) is 5. The molecule has 4 aromatic rings. The van der Waals surface area contributed by atoms with Crippen LogP contribution < -0.4 is 11.1 Å². The fourth-order valence-corrected chi connectivity index (χ4v) is 4.56. The molecule has 7 nitrogen and oxygen atoms in total. The number of hydrogen-bond donors (Lipinski definition) is 3. The van der Waals surface area contributed by atoms with Gasteiger partial charge in [-0.3, -0.25) is 4.79 Å². The second kappa shape index (κ2) is 9.11. The molecule has 8 heteroatoms. The van der Waals surface area contributed by atoms with E-state index in [0.717, 1.165) is 35.9 Å². The van der Waals surface area contributed by atoms with E-state index in [0.29, 0.717) is 46.9 Å². The van der Waals surface area contributed by atoms with E-state index >= 15 is 0 Å². The number of nitrogens with zero attached hydrogens (tertiary/aromatic N) is 3. The second-order valence-corrected chi connectivity index (χ2v) is 8.81. The van der Waals surface area contributed by atoms with Crippen molar-refractivity contribution in [3.8, 4) is 11.3 Å². The monoisotopic (exact) mass is 460 g/mol. The molecule has 168 valence electrons. The van der Waals surface area contributed by atoms with E-state index in [1.165, 1.54) is 0 Å². The number of fused-ring (bicyclic) bond motifs is 1. The summed E-state index contributed by atoms with van der Waals surface area (Å²) in [6.45, 7) is 2.14. The van der Waals surface area contributed by atoms with Gasteiger partial charge < -0.3 is 20.9 Å². The summed E-state index contributed by atoms with van der Waals surface area (Å²) in [6.07, 6.45) is 5.56. The first-order chi connectivity index (χ1) is 16.1. The molecule has 0 bridgehead atoms. The van der Waals surface area contributed by atoms with Crippen molar-refractivity contribution in [2.24, 2.45) is 5.92 Å². The Kier molecular flexibility index (Phi) is 5.88. The normalized spacial score (nSPS) is 16.2. The first kappa shape index (κ1) is 21.3. The predicted molar refractivity (Wildman–Crippen MR) is 132 cm³/mol. The van der Waals surface area contributed by atoms with Crippen LogP contribution in [-0.2, 0) is 0 Å². The van der Waals surface area contributed by atoms with Gasteiger partial charge in [0.05, 0.1) is 16.9 Å².